The van der Waals surface area contributed by atoms with Gasteiger partial charge >= 0.3 is 0 Å². The maximum absolute atomic E-state index is 12.8. The second-order valence-electron chi connectivity index (χ2n) is 6.85. The molecule has 1 saturated heterocycles. The van der Waals surface area contributed by atoms with Crippen LogP contribution in [0, 0.1) is 0 Å². The van der Waals surface area contributed by atoms with Crippen molar-refractivity contribution in [3.63, 3.8) is 0 Å². The van der Waals surface area contributed by atoms with Crippen LogP contribution in [0.25, 0.3) is 0 Å². The highest BCUT2D eigenvalue weighted by Gasteiger charge is 2.30. The highest BCUT2D eigenvalue weighted by molar-refractivity contribution is 5.85. The predicted molar refractivity (Wildman–Crippen MR) is 108 cm³/mol. The molecule has 0 aliphatic carbocycles. The Bertz CT molecular complexity index is 812. The number of para-hydroxylation sites is 1. The molecule has 1 fully saturated rings. The first-order chi connectivity index (χ1) is 12.7. The van der Waals surface area contributed by atoms with Gasteiger partial charge in [-0.1, -0.05) is 24.3 Å². The van der Waals surface area contributed by atoms with E-state index in [4.69, 9.17) is 15.2 Å². The van der Waals surface area contributed by atoms with Crippen LogP contribution in [-0.4, -0.2) is 30.6 Å². The van der Waals surface area contributed by atoms with E-state index in [2.05, 4.69) is 6.07 Å². The van der Waals surface area contributed by atoms with Gasteiger partial charge in [-0.15, -0.1) is 12.4 Å². The molecule has 4 rings (SSSR count). The number of nitrogens with two attached hydrogens (primary N) is 1. The number of nitrogen functional groups attached to an aromatic ring is 1. The molecule has 5 nitrogen and oxygen atoms in total. The fourth-order valence-corrected chi connectivity index (χ4v) is 3.83. The average Bonchev–Trinajstić information content (AvgIpc) is 3.17. The molecule has 2 aliphatic heterocycles. The number of fused-ring (bicyclic) bond motifs is 1. The molecule has 2 heterocycles. The third-order valence-corrected chi connectivity index (χ3v) is 5.19. The summed E-state index contributed by atoms with van der Waals surface area (Å²) in [5, 5.41) is 0. The SMILES string of the molecule is Cl.Nc1ccccc1CCC(=O)N1CCCC1c1ccc2c(c1)OCCO2. The zero-order valence-electron chi connectivity index (χ0n) is 15.2. The number of ether oxygens (including phenoxy) is 2. The largest absolute Gasteiger partial charge is 0.486 e. The monoisotopic (exact) mass is 388 g/mol. The molecule has 0 radical (unpaired) electrons. The van der Waals surface area contributed by atoms with E-state index in [1.807, 2.05) is 41.3 Å². The Balaban J connectivity index is 0.00000210. The molecular weight excluding hydrogens is 364 g/mol. The third kappa shape index (κ3) is 4.14. The quantitative estimate of drug-likeness (QED) is 0.810. The topological polar surface area (TPSA) is 64.8 Å². The first kappa shape index (κ1) is 19.4. The van der Waals surface area contributed by atoms with E-state index in [-0.39, 0.29) is 24.4 Å². The van der Waals surface area contributed by atoms with Gasteiger partial charge in [0.2, 0.25) is 5.91 Å². The summed E-state index contributed by atoms with van der Waals surface area (Å²) < 4.78 is 11.3. The number of carbonyl (C=O) groups excluding carboxylic acids is 1. The molecule has 0 saturated carbocycles. The molecule has 0 spiro atoms. The Kier molecular flexibility index (Phi) is 6.11. The van der Waals surface area contributed by atoms with Crippen molar-refractivity contribution in [2.75, 3.05) is 25.5 Å². The molecule has 1 unspecified atom stereocenters. The summed E-state index contributed by atoms with van der Waals surface area (Å²) in [4.78, 5) is 14.8. The lowest BCUT2D eigenvalue weighted by molar-refractivity contribution is -0.132. The normalized spacial score (nSPS) is 18.1. The molecule has 2 aromatic rings. The number of nitrogens with zero attached hydrogens (tertiary/aromatic N) is 1. The van der Waals surface area contributed by atoms with Crippen LogP contribution in [-0.2, 0) is 11.2 Å². The fraction of sp³-hybridized carbons (Fsp3) is 0.381. The Morgan fingerprint density at radius 2 is 1.89 bits per heavy atom. The van der Waals surface area contributed by atoms with Crippen LogP contribution in [0.4, 0.5) is 5.69 Å². The summed E-state index contributed by atoms with van der Waals surface area (Å²) in [5.41, 5.74) is 8.91. The Hall–Kier alpha value is -2.40. The Morgan fingerprint density at radius 3 is 2.70 bits per heavy atom. The lowest BCUT2D eigenvalue weighted by atomic mass is 10.0. The van der Waals surface area contributed by atoms with E-state index in [1.54, 1.807) is 0 Å². The van der Waals surface area contributed by atoms with Gasteiger partial charge in [-0.2, -0.15) is 0 Å². The standard InChI is InChI=1S/C21H24N2O3.ClH/c22-17-5-2-1-4-15(17)8-10-21(24)23-11-3-6-18(23)16-7-9-19-20(14-16)26-13-12-25-19;/h1-2,4-5,7,9,14,18H,3,6,8,10-13,22H2;1H. The van der Waals surface area contributed by atoms with Gasteiger partial charge < -0.3 is 20.1 Å². The average molecular weight is 389 g/mol. The van der Waals surface area contributed by atoms with Crippen molar-refractivity contribution >= 4 is 24.0 Å². The van der Waals surface area contributed by atoms with E-state index >= 15 is 0 Å². The minimum Gasteiger partial charge on any atom is -0.486 e. The molecule has 6 heteroatoms. The van der Waals surface area contributed by atoms with Gasteiger partial charge in [-0.3, -0.25) is 4.79 Å². The van der Waals surface area contributed by atoms with Crippen LogP contribution in [0.3, 0.4) is 0 Å². The molecule has 144 valence electrons. The molecule has 2 aromatic carbocycles. The van der Waals surface area contributed by atoms with Crippen molar-refractivity contribution in [1.29, 1.82) is 0 Å². The van der Waals surface area contributed by atoms with Crippen molar-refractivity contribution in [1.82, 2.24) is 4.90 Å². The number of hydrogen-bond acceptors (Lipinski definition) is 4. The molecule has 0 aromatic heterocycles. The Labute approximate surface area is 165 Å². The minimum atomic E-state index is 0. The number of hydrogen-bond donors (Lipinski definition) is 1. The Morgan fingerprint density at radius 1 is 1.11 bits per heavy atom. The van der Waals surface area contributed by atoms with Crippen molar-refractivity contribution in [2.45, 2.75) is 31.7 Å². The maximum Gasteiger partial charge on any atom is 0.223 e. The van der Waals surface area contributed by atoms with Crippen LogP contribution in [0.5, 0.6) is 11.5 Å². The van der Waals surface area contributed by atoms with Gasteiger partial charge in [-0.05, 0) is 48.6 Å². The van der Waals surface area contributed by atoms with Gasteiger partial charge in [0, 0.05) is 18.7 Å². The number of amides is 1. The maximum atomic E-state index is 12.8. The van der Waals surface area contributed by atoms with Crippen LogP contribution >= 0.6 is 12.4 Å². The van der Waals surface area contributed by atoms with Crippen LogP contribution in [0.15, 0.2) is 42.5 Å². The summed E-state index contributed by atoms with van der Waals surface area (Å²) >= 11 is 0. The first-order valence-corrected chi connectivity index (χ1v) is 9.25. The predicted octanol–water partition coefficient (Wildman–Crippen LogP) is 3.76. The number of likely N-dealkylation sites (tertiary alicyclic amines) is 1. The molecular formula is C21H25ClN2O3. The molecule has 27 heavy (non-hydrogen) atoms. The van der Waals surface area contributed by atoms with E-state index in [0.717, 1.165) is 47.7 Å². The smallest absolute Gasteiger partial charge is 0.223 e. The third-order valence-electron chi connectivity index (χ3n) is 5.19. The number of halogens is 1. The van der Waals surface area contributed by atoms with Crippen molar-refractivity contribution in [3.8, 4) is 11.5 Å². The van der Waals surface area contributed by atoms with Gasteiger partial charge in [0.1, 0.15) is 13.2 Å². The van der Waals surface area contributed by atoms with E-state index in [0.29, 0.717) is 26.1 Å². The second kappa shape index (κ2) is 8.53. The zero-order valence-corrected chi connectivity index (χ0v) is 16.0. The molecule has 1 atom stereocenters. The lowest BCUT2D eigenvalue weighted by Gasteiger charge is -2.27. The van der Waals surface area contributed by atoms with E-state index < -0.39 is 0 Å². The minimum absolute atomic E-state index is 0. The molecule has 2 aliphatic rings. The van der Waals surface area contributed by atoms with Crippen molar-refractivity contribution in [2.24, 2.45) is 0 Å². The highest BCUT2D eigenvalue weighted by atomic mass is 35.5. The fourth-order valence-electron chi connectivity index (χ4n) is 3.83. The zero-order chi connectivity index (χ0) is 17.9. The van der Waals surface area contributed by atoms with Crippen LogP contribution < -0.4 is 15.2 Å². The lowest BCUT2D eigenvalue weighted by Crippen LogP contribution is -2.30. The van der Waals surface area contributed by atoms with Crippen molar-refractivity contribution < 1.29 is 14.3 Å². The van der Waals surface area contributed by atoms with Gasteiger partial charge in [0.25, 0.3) is 0 Å². The number of rotatable bonds is 4. The number of benzene rings is 2. The molecule has 0 bridgehead atoms. The van der Waals surface area contributed by atoms with Crippen molar-refractivity contribution in [3.05, 3.63) is 53.6 Å². The number of anilines is 1. The first-order valence-electron chi connectivity index (χ1n) is 9.25. The summed E-state index contributed by atoms with van der Waals surface area (Å²) in [6, 6.07) is 13.9. The molecule has 1 amide bonds. The molecule has 2 N–H and O–H groups in total. The summed E-state index contributed by atoms with van der Waals surface area (Å²) in [6.45, 7) is 1.97. The van der Waals surface area contributed by atoms with E-state index in [1.165, 1.54) is 0 Å². The van der Waals surface area contributed by atoms with Gasteiger partial charge in [0.15, 0.2) is 11.5 Å². The summed E-state index contributed by atoms with van der Waals surface area (Å²) in [5.74, 6) is 1.76. The van der Waals surface area contributed by atoms with Crippen LogP contribution in [0.1, 0.15) is 36.4 Å². The van der Waals surface area contributed by atoms with Gasteiger partial charge in [0.05, 0.1) is 6.04 Å². The summed E-state index contributed by atoms with van der Waals surface area (Å²) in [6.07, 6.45) is 3.17. The van der Waals surface area contributed by atoms with E-state index in [9.17, 15) is 4.79 Å². The summed E-state index contributed by atoms with van der Waals surface area (Å²) in [7, 11) is 0. The number of carbonyl (C=O) groups is 1. The van der Waals surface area contributed by atoms with Crippen LogP contribution in [0.2, 0.25) is 0 Å². The number of aryl methyl sites for hydroxylation is 1. The second-order valence-corrected chi connectivity index (χ2v) is 6.85. The highest BCUT2D eigenvalue weighted by Crippen LogP contribution is 2.38. The van der Waals surface area contributed by atoms with Gasteiger partial charge in [-0.25, -0.2) is 0 Å².